The molecular formula is C17H27FN2O. The van der Waals surface area contributed by atoms with Gasteiger partial charge in [-0.2, -0.15) is 0 Å². The van der Waals surface area contributed by atoms with Gasteiger partial charge in [0.05, 0.1) is 17.9 Å². The molecule has 2 rings (SSSR count). The lowest BCUT2D eigenvalue weighted by Gasteiger charge is -2.38. The molecule has 0 bridgehead atoms. The summed E-state index contributed by atoms with van der Waals surface area (Å²) < 4.78 is 20.2. The second-order valence-corrected chi connectivity index (χ2v) is 6.02. The molecule has 3 unspecified atom stereocenters. The van der Waals surface area contributed by atoms with Crippen LogP contribution in [-0.4, -0.2) is 31.8 Å². The summed E-state index contributed by atoms with van der Waals surface area (Å²) in [6, 6.07) is 5.52. The molecule has 1 aliphatic rings. The van der Waals surface area contributed by atoms with Crippen LogP contribution in [0.5, 0.6) is 0 Å². The Balaban J connectivity index is 2.28. The van der Waals surface area contributed by atoms with Gasteiger partial charge >= 0.3 is 0 Å². The molecule has 118 valence electrons. The van der Waals surface area contributed by atoms with Gasteiger partial charge in [-0.3, -0.25) is 0 Å². The standard InChI is InChI=1S/C17H27FN2O/c1-5-9-19-14(4)15-7-6-8-16(18)17(15)20-10-12(2)21-13(3)11-20/h6-8,12-14,19H,5,9-11H2,1-4H3. The Morgan fingerprint density at radius 3 is 2.62 bits per heavy atom. The summed E-state index contributed by atoms with van der Waals surface area (Å²) >= 11 is 0. The Bertz CT molecular complexity index is 456. The van der Waals surface area contributed by atoms with Crippen LogP contribution in [-0.2, 0) is 4.74 Å². The topological polar surface area (TPSA) is 24.5 Å². The number of anilines is 1. The number of hydrogen-bond donors (Lipinski definition) is 1. The van der Waals surface area contributed by atoms with E-state index in [2.05, 4.69) is 24.1 Å². The zero-order chi connectivity index (χ0) is 15.4. The Hall–Kier alpha value is -1.13. The molecule has 3 atom stereocenters. The Kier molecular flexibility index (Phi) is 5.59. The third-order valence-electron chi connectivity index (χ3n) is 3.92. The van der Waals surface area contributed by atoms with Crippen molar-refractivity contribution < 1.29 is 9.13 Å². The third-order valence-corrected chi connectivity index (χ3v) is 3.92. The number of nitrogens with one attached hydrogen (secondary N) is 1. The van der Waals surface area contributed by atoms with Crippen molar-refractivity contribution in [3.63, 3.8) is 0 Å². The fourth-order valence-corrected chi connectivity index (χ4v) is 3.05. The lowest BCUT2D eigenvalue weighted by Crippen LogP contribution is -2.46. The van der Waals surface area contributed by atoms with Gasteiger partial charge in [-0.1, -0.05) is 19.1 Å². The van der Waals surface area contributed by atoms with Gasteiger partial charge in [0, 0.05) is 19.1 Å². The van der Waals surface area contributed by atoms with Crippen LogP contribution in [0.3, 0.4) is 0 Å². The van der Waals surface area contributed by atoms with Crippen molar-refractivity contribution in [3.8, 4) is 0 Å². The Morgan fingerprint density at radius 1 is 1.33 bits per heavy atom. The maximum Gasteiger partial charge on any atom is 0.146 e. The van der Waals surface area contributed by atoms with Gasteiger partial charge in [-0.15, -0.1) is 0 Å². The number of ether oxygens (including phenoxy) is 1. The highest BCUT2D eigenvalue weighted by Gasteiger charge is 2.27. The third kappa shape index (κ3) is 3.95. The average Bonchev–Trinajstić information content (AvgIpc) is 2.43. The van der Waals surface area contributed by atoms with Crippen molar-refractivity contribution in [3.05, 3.63) is 29.6 Å². The second kappa shape index (κ2) is 7.23. The highest BCUT2D eigenvalue weighted by molar-refractivity contribution is 5.56. The van der Waals surface area contributed by atoms with Crippen LogP contribution < -0.4 is 10.2 Å². The largest absolute Gasteiger partial charge is 0.372 e. The number of rotatable bonds is 5. The normalized spacial score (nSPS) is 24.1. The molecule has 21 heavy (non-hydrogen) atoms. The maximum absolute atomic E-state index is 14.5. The van der Waals surface area contributed by atoms with Crippen LogP contribution >= 0.6 is 0 Å². The molecule has 0 amide bonds. The van der Waals surface area contributed by atoms with E-state index < -0.39 is 0 Å². The van der Waals surface area contributed by atoms with Crippen molar-refractivity contribution in [1.29, 1.82) is 0 Å². The van der Waals surface area contributed by atoms with Crippen LogP contribution in [0.4, 0.5) is 10.1 Å². The summed E-state index contributed by atoms with van der Waals surface area (Å²) in [5.41, 5.74) is 1.76. The number of benzene rings is 1. The second-order valence-electron chi connectivity index (χ2n) is 6.02. The van der Waals surface area contributed by atoms with E-state index in [0.717, 1.165) is 37.3 Å². The van der Waals surface area contributed by atoms with Crippen LogP contribution in [0.15, 0.2) is 18.2 Å². The molecule has 1 aliphatic heterocycles. The zero-order valence-electron chi connectivity index (χ0n) is 13.5. The van der Waals surface area contributed by atoms with Gasteiger partial charge in [-0.05, 0) is 45.4 Å². The predicted molar refractivity (Wildman–Crippen MR) is 85.3 cm³/mol. The zero-order valence-corrected chi connectivity index (χ0v) is 13.5. The minimum atomic E-state index is -0.140. The van der Waals surface area contributed by atoms with Gasteiger partial charge in [-0.25, -0.2) is 4.39 Å². The molecule has 0 spiro atoms. The van der Waals surface area contributed by atoms with E-state index in [-0.39, 0.29) is 24.1 Å². The first-order valence-electron chi connectivity index (χ1n) is 7.95. The quantitative estimate of drug-likeness (QED) is 0.899. The number of nitrogens with zero attached hydrogens (tertiary/aromatic N) is 1. The molecule has 1 aromatic rings. The smallest absolute Gasteiger partial charge is 0.146 e. The fourth-order valence-electron chi connectivity index (χ4n) is 3.05. The van der Waals surface area contributed by atoms with E-state index in [1.165, 1.54) is 0 Å². The number of halogens is 1. The minimum absolute atomic E-state index is 0.125. The van der Waals surface area contributed by atoms with Crippen LogP contribution in [0.25, 0.3) is 0 Å². The summed E-state index contributed by atoms with van der Waals surface area (Å²) in [5, 5.41) is 3.45. The first-order valence-corrected chi connectivity index (χ1v) is 7.95. The van der Waals surface area contributed by atoms with Crippen molar-refractivity contribution in [2.45, 2.75) is 52.4 Å². The van der Waals surface area contributed by atoms with E-state index in [0.29, 0.717) is 0 Å². The van der Waals surface area contributed by atoms with Gasteiger partial charge in [0.25, 0.3) is 0 Å². The molecule has 1 heterocycles. The Labute approximate surface area is 127 Å². The highest BCUT2D eigenvalue weighted by atomic mass is 19.1. The summed E-state index contributed by atoms with van der Waals surface area (Å²) in [6.07, 6.45) is 1.32. The maximum atomic E-state index is 14.5. The molecule has 0 saturated carbocycles. The summed E-state index contributed by atoms with van der Waals surface area (Å²) in [7, 11) is 0. The van der Waals surface area contributed by atoms with E-state index in [1.54, 1.807) is 12.1 Å². The lowest BCUT2D eigenvalue weighted by molar-refractivity contribution is -0.00546. The van der Waals surface area contributed by atoms with Crippen LogP contribution in [0.1, 0.15) is 45.7 Å². The fraction of sp³-hybridized carbons (Fsp3) is 0.647. The van der Waals surface area contributed by atoms with E-state index in [4.69, 9.17) is 4.74 Å². The summed E-state index contributed by atoms with van der Waals surface area (Å²) in [5.74, 6) is -0.140. The van der Waals surface area contributed by atoms with Crippen LogP contribution in [0, 0.1) is 5.82 Å². The van der Waals surface area contributed by atoms with Crippen molar-refractivity contribution >= 4 is 5.69 Å². The first kappa shape index (κ1) is 16.2. The molecule has 0 radical (unpaired) electrons. The highest BCUT2D eigenvalue weighted by Crippen LogP contribution is 2.31. The van der Waals surface area contributed by atoms with Gasteiger partial charge < -0.3 is 15.0 Å². The lowest BCUT2D eigenvalue weighted by atomic mass is 10.0. The number of para-hydroxylation sites is 1. The van der Waals surface area contributed by atoms with E-state index in [9.17, 15) is 4.39 Å². The predicted octanol–water partition coefficient (Wildman–Crippen LogP) is 3.50. The Morgan fingerprint density at radius 2 is 2.00 bits per heavy atom. The van der Waals surface area contributed by atoms with Crippen LogP contribution in [0.2, 0.25) is 0 Å². The monoisotopic (exact) mass is 294 g/mol. The van der Waals surface area contributed by atoms with Crippen molar-refractivity contribution in [1.82, 2.24) is 5.32 Å². The van der Waals surface area contributed by atoms with Gasteiger partial charge in [0.2, 0.25) is 0 Å². The number of morpholine rings is 1. The molecule has 1 saturated heterocycles. The van der Waals surface area contributed by atoms with Gasteiger partial charge in [0.1, 0.15) is 5.82 Å². The SMILES string of the molecule is CCCNC(C)c1cccc(F)c1N1CC(C)OC(C)C1. The minimum Gasteiger partial charge on any atom is -0.372 e. The van der Waals surface area contributed by atoms with E-state index >= 15 is 0 Å². The molecule has 3 nitrogen and oxygen atoms in total. The molecule has 0 aromatic heterocycles. The van der Waals surface area contributed by atoms with E-state index in [1.807, 2.05) is 19.9 Å². The van der Waals surface area contributed by atoms with Crippen molar-refractivity contribution in [2.24, 2.45) is 0 Å². The summed E-state index contributed by atoms with van der Waals surface area (Å²) in [4.78, 5) is 2.13. The molecule has 4 heteroatoms. The average molecular weight is 294 g/mol. The summed E-state index contributed by atoms with van der Waals surface area (Å²) in [6.45, 7) is 10.7. The molecule has 1 N–H and O–H groups in total. The molecular weight excluding hydrogens is 267 g/mol. The molecule has 1 aromatic carbocycles. The molecule has 1 fully saturated rings. The number of hydrogen-bond acceptors (Lipinski definition) is 3. The molecule has 0 aliphatic carbocycles. The van der Waals surface area contributed by atoms with Crippen molar-refractivity contribution in [2.75, 3.05) is 24.5 Å². The first-order chi connectivity index (χ1) is 10.0. The van der Waals surface area contributed by atoms with Gasteiger partial charge in [0.15, 0.2) is 0 Å².